The first kappa shape index (κ1) is 21.2. The van der Waals surface area contributed by atoms with Crippen molar-refractivity contribution in [2.24, 2.45) is 0 Å². The Morgan fingerprint density at radius 1 is 1.18 bits per heavy atom. The van der Waals surface area contributed by atoms with E-state index in [0.29, 0.717) is 29.6 Å². The Morgan fingerprint density at radius 2 is 2.06 bits per heavy atom. The van der Waals surface area contributed by atoms with Gasteiger partial charge in [-0.25, -0.2) is 15.0 Å². The van der Waals surface area contributed by atoms with Crippen molar-refractivity contribution in [2.75, 3.05) is 42.0 Å². The highest BCUT2D eigenvalue weighted by atomic mass is 19.4. The standard InChI is InChI=1S/C22H22F3N7O/c1-33-20-8-19(27-12-28-20)29-13-32-16-3-2-6-31(11-16)18-5-4-17(30-21(18)32)14-7-15(10-26-9-14)22(23,24)25/h4-5,7-10,12,16H,2-3,6,11,13H2,1H3,(H,27,28,29)/t16-/m0/s1. The van der Waals surface area contributed by atoms with Gasteiger partial charge in [0.25, 0.3) is 0 Å². The van der Waals surface area contributed by atoms with Gasteiger partial charge >= 0.3 is 6.18 Å². The molecule has 33 heavy (non-hydrogen) atoms. The van der Waals surface area contributed by atoms with Crippen LogP contribution in [0.1, 0.15) is 18.4 Å². The van der Waals surface area contributed by atoms with Crippen LogP contribution in [0.3, 0.4) is 0 Å². The number of ether oxygens (including phenoxy) is 1. The van der Waals surface area contributed by atoms with Gasteiger partial charge in [-0.1, -0.05) is 0 Å². The summed E-state index contributed by atoms with van der Waals surface area (Å²) >= 11 is 0. The molecule has 1 saturated heterocycles. The van der Waals surface area contributed by atoms with Crippen LogP contribution in [0.2, 0.25) is 0 Å². The largest absolute Gasteiger partial charge is 0.481 e. The molecule has 0 radical (unpaired) electrons. The molecule has 5 rings (SSSR count). The molecular weight excluding hydrogens is 435 g/mol. The third-order valence-corrected chi connectivity index (χ3v) is 5.95. The lowest BCUT2D eigenvalue weighted by atomic mass is 9.99. The van der Waals surface area contributed by atoms with Gasteiger partial charge in [0, 0.05) is 43.2 Å². The number of hydrogen-bond donors (Lipinski definition) is 1. The van der Waals surface area contributed by atoms with Crippen molar-refractivity contribution in [2.45, 2.75) is 25.1 Å². The monoisotopic (exact) mass is 457 g/mol. The van der Waals surface area contributed by atoms with Crippen molar-refractivity contribution in [1.82, 2.24) is 19.9 Å². The highest BCUT2D eigenvalue weighted by Gasteiger charge is 2.35. The quantitative estimate of drug-likeness (QED) is 0.620. The highest BCUT2D eigenvalue weighted by molar-refractivity contribution is 5.75. The van der Waals surface area contributed by atoms with Crippen LogP contribution in [-0.2, 0) is 6.18 Å². The zero-order chi connectivity index (χ0) is 23.0. The number of fused-ring (bicyclic) bond motifs is 4. The van der Waals surface area contributed by atoms with E-state index in [1.54, 1.807) is 12.1 Å². The maximum Gasteiger partial charge on any atom is 0.417 e. The van der Waals surface area contributed by atoms with Crippen LogP contribution in [0.5, 0.6) is 5.88 Å². The predicted molar refractivity (Wildman–Crippen MR) is 117 cm³/mol. The molecule has 3 aromatic heterocycles. The summed E-state index contributed by atoms with van der Waals surface area (Å²) in [6.07, 6.45) is 1.25. The topological polar surface area (TPSA) is 79.3 Å². The Labute approximate surface area is 188 Å². The number of halogens is 3. The fraction of sp³-hybridized carbons (Fsp3) is 0.364. The van der Waals surface area contributed by atoms with Gasteiger partial charge in [-0.3, -0.25) is 4.98 Å². The second-order valence-electron chi connectivity index (χ2n) is 7.99. The van der Waals surface area contributed by atoms with Crippen LogP contribution >= 0.6 is 0 Å². The zero-order valence-electron chi connectivity index (χ0n) is 17.9. The molecule has 1 atom stereocenters. The Balaban J connectivity index is 1.48. The summed E-state index contributed by atoms with van der Waals surface area (Å²) in [6, 6.07) is 6.70. The molecular formula is C22H22F3N7O. The van der Waals surface area contributed by atoms with Gasteiger partial charge in [-0.2, -0.15) is 13.2 Å². The summed E-state index contributed by atoms with van der Waals surface area (Å²) < 4.78 is 44.7. The molecule has 0 aromatic carbocycles. The molecule has 0 aliphatic carbocycles. The number of aromatic nitrogens is 4. The lowest BCUT2D eigenvalue weighted by Gasteiger charge is -2.47. The molecule has 5 heterocycles. The maximum atomic E-state index is 13.2. The summed E-state index contributed by atoms with van der Waals surface area (Å²) in [6.45, 7) is 2.23. The molecule has 0 saturated carbocycles. The Kier molecular flexibility index (Phi) is 5.39. The van der Waals surface area contributed by atoms with Crippen LogP contribution in [0, 0.1) is 0 Å². The Hall–Kier alpha value is -3.63. The van der Waals surface area contributed by atoms with E-state index >= 15 is 0 Å². The molecule has 1 N–H and O–H groups in total. The molecule has 0 spiro atoms. The van der Waals surface area contributed by atoms with Gasteiger partial charge in [0.2, 0.25) is 5.88 Å². The number of methoxy groups -OCH3 is 1. The first-order chi connectivity index (χ1) is 15.9. The molecule has 172 valence electrons. The van der Waals surface area contributed by atoms with E-state index in [-0.39, 0.29) is 6.04 Å². The van der Waals surface area contributed by atoms with Crippen molar-refractivity contribution in [3.05, 3.63) is 48.5 Å². The first-order valence-electron chi connectivity index (χ1n) is 10.6. The third-order valence-electron chi connectivity index (χ3n) is 5.95. The van der Waals surface area contributed by atoms with Crippen LogP contribution in [0.4, 0.5) is 30.5 Å². The summed E-state index contributed by atoms with van der Waals surface area (Å²) in [4.78, 5) is 21.3. The van der Waals surface area contributed by atoms with Crippen LogP contribution in [0.25, 0.3) is 11.3 Å². The minimum Gasteiger partial charge on any atom is -0.481 e. The number of rotatable bonds is 5. The van der Waals surface area contributed by atoms with Crippen molar-refractivity contribution in [3.63, 3.8) is 0 Å². The van der Waals surface area contributed by atoms with Crippen molar-refractivity contribution in [1.29, 1.82) is 0 Å². The molecule has 0 amide bonds. The van der Waals surface area contributed by atoms with E-state index in [2.05, 4.69) is 30.1 Å². The summed E-state index contributed by atoms with van der Waals surface area (Å²) in [5.74, 6) is 1.79. The minimum atomic E-state index is -4.46. The van der Waals surface area contributed by atoms with Gasteiger partial charge in [0.1, 0.15) is 12.1 Å². The van der Waals surface area contributed by atoms with E-state index in [1.807, 2.05) is 6.07 Å². The number of piperidine rings is 1. The second-order valence-corrected chi connectivity index (χ2v) is 7.99. The number of nitrogens with one attached hydrogen (secondary N) is 1. The molecule has 2 aliphatic heterocycles. The van der Waals surface area contributed by atoms with Crippen molar-refractivity contribution < 1.29 is 17.9 Å². The molecule has 8 nitrogen and oxygen atoms in total. The summed E-state index contributed by atoms with van der Waals surface area (Å²) in [7, 11) is 1.54. The summed E-state index contributed by atoms with van der Waals surface area (Å²) in [5.41, 5.74) is 0.946. The van der Waals surface area contributed by atoms with E-state index in [1.165, 1.54) is 19.6 Å². The SMILES string of the molecule is COc1cc(NCN2c3nc(-c4cncc(C(F)(F)F)c4)ccc3N3CCC[C@H]2C3)ncn1. The zero-order valence-corrected chi connectivity index (χ0v) is 17.9. The normalized spacial score (nSPS) is 17.5. The Bertz CT molecular complexity index is 1160. The molecule has 2 bridgehead atoms. The van der Waals surface area contributed by atoms with Gasteiger partial charge < -0.3 is 19.9 Å². The number of nitrogens with zero attached hydrogens (tertiary/aromatic N) is 6. The third kappa shape index (κ3) is 4.22. The Morgan fingerprint density at radius 3 is 2.88 bits per heavy atom. The van der Waals surface area contributed by atoms with E-state index < -0.39 is 11.7 Å². The number of anilines is 3. The maximum absolute atomic E-state index is 13.2. The highest BCUT2D eigenvalue weighted by Crippen LogP contribution is 2.39. The molecule has 3 aromatic rings. The predicted octanol–water partition coefficient (Wildman–Crippen LogP) is 3.82. The molecule has 0 unspecified atom stereocenters. The van der Waals surface area contributed by atoms with E-state index in [9.17, 15) is 13.2 Å². The van der Waals surface area contributed by atoms with Crippen molar-refractivity contribution >= 4 is 17.3 Å². The van der Waals surface area contributed by atoms with Crippen LogP contribution < -0.4 is 19.9 Å². The van der Waals surface area contributed by atoms with Gasteiger partial charge in [-0.05, 0) is 31.0 Å². The van der Waals surface area contributed by atoms with E-state index in [4.69, 9.17) is 9.72 Å². The molecule has 1 fully saturated rings. The number of pyridine rings is 2. The summed E-state index contributed by atoms with van der Waals surface area (Å²) in [5, 5.41) is 3.30. The first-order valence-corrected chi connectivity index (χ1v) is 10.6. The number of alkyl halides is 3. The van der Waals surface area contributed by atoms with Gasteiger partial charge in [-0.15, -0.1) is 0 Å². The smallest absolute Gasteiger partial charge is 0.417 e. The average Bonchev–Trinajstić information content (AvgIpc) is 2.83. The van der Waals surface area contributed by atoms with Crippen molar-refractivity contribution in [3.8, 4) is 17.1 Å². The van der Waals surface area contributed by atoms with Gasteiger partial charge in [0.15, 0.2) is 5.82 Å². The van der Waals surface area contributed by atoms with E-state index in [0.717, 1.165) is 49.7 Å². The lowest BCUT2D eigenvalue weighted by molar-refractivity contribution is -0.137. The second kappa shape index (κ2) is 8.38. The fourth-order valence-electron chi connectivity index (χ4n) is 4.31. The fourth-order valence-corrected chi connectivity index (χ4v) is 4.31. The average molecular weight is 457 g/mol. The van der Waals surface area contributed by atoms with Crippen LogP contribution in [0.15, 0.2) is 43.0 Å². The molecule has 11 heteroatoms. The van der Waals surface area contributed by atoms with Gasteiger partial charge in [0.05, 0.1) is 30.7 Å². The minimum absolute atomic E-state index is 0.227. The van der Waals surface area contributed by atoms with Crippen LogP contribution in [-0.4, -0.2) is 52.8 Å². The number of hydrogen-bond acceptors (Lipinski definition) is 8. The molecule has 2 aliphatic rings. The lowest BCUT2D eigenvalue weighted by Crippen LogP contribution is -2.54.